The van der Waals surface area contributed by atoms with Crippen LogP contribution in [0.15, 0.2) is 0 Å². The van der Waals surface area contributed by atoms with Gasteiger partial charge in [-0.2, -0.15) is 0 Å². The first-order valence-electron chi connectivity index (χ1n) is 12.8. The van der Waals surface area contributed by atoms with Gasteiger partial charge in [0.25, 0.3) is 0 Å². The normalized spacial score (nSPS) is 27.3. The first kappa shape index (κ1) is 33.4. The lowest BCUT2D eigenvalue weighted by Gasteiger charge is -2.27. The van der Waals surface area contributed by atoms with Crippen molar-refractivity contribution >= 4 is 24.1 Å². The predicted molar refractivity (Wildman–Crippen MR) is 136 cm³/mol. The number of ether oxygens (including phenoxy) is 4. The van der Waals surface area contributed by atoms with Crippen LogP contribution in [-0.4, -0.2) is 101 Å². The molecule has 2 amide bonds. The molecule has 2 rings (SSSR count). The summed E-state index contributed by atoms with van der Waals surface area (Å²) < 4.78 is 34.1. The molecule has 1 N–H and O–H groups in total. The van der Waals surface area contributed by atoms with Gasteiger partial charge in [0, 0.05) is 12.8 Å². The van der Waals surface area contributed by atoms with Crippen LogP contribution in [0.3, 0.4) is 0 Å². The van der Waals surface area contributed by atoms with Crippen molar-refractivity contribution in [3.05, 3.63) is 0 Å². The van der Waals surface area contributed by atoms with E-state index in [-0.39, 0.29) is 32.4 Å². The fourth-order valence-electron chi connectivity index (χ4n) is 4.13. The molecule has 2 heterocycles. The van der Waals surface area contributed by atoms with Gasteiger partial charge in [0.1, 0.15) is 29.0 Å². The summed E-state index contributed by atoms with van der Waals surface area (Å²) in [4.78, 5) is 49.9. The Morgan fingerprint density at radius 2 is 1.18 bits per heavy atom. The van der Waals surface area contributed by atoms with Gasteiger partial charge in [0.2, 0.25) is 0 Å². The number of aliphatic hydroxyl groups is 1. The third-order valence-electron chi connectivity index (χ3n) is 6.30. The Morgan fingerprint density at radius 3 is 1.53 bits per heavy atom. The van der Waals surface area contributed by atoms with E-state index in [1.165, 1.54) is 19.1 Å². The molecular weight excluding hydrogens is 503 g/mol. The average molecular weight is 549 g/mol. The number of rotatable bonds is 4. The van der Waals surface area contributed by atoms with Crippen LogP contribution in [0.5, 0.6) is 0 Å². The number of esters is 2. The molecule has 0 aliphatic carbocycles. The smallest absolute Gasteiger partial charge is 0.411 e. The summed E-state index contributed by atoms with van der Waals surface area (Å²) >= 11 is 0. The minimum Gasteiger partial charge on any atom is -0.467 e. The van der Waals surface area contributed by atoms with Crippen molar-refractivity contribution < 1.29 is 47.6 Å². The third kappa shape index (κ3) is 9.28. The van der Waals surface area contributed by atoms with Gasteiger partial charge < -0.3 is 24.1 Å². The fraction of sp³-hybridized carbons (Fsp3) is 0.846. The molecule has 2 unspecified atom stereocenters. The summed E-state index contributed by atoms with van der Waals surface area (Å²) in [7, 11) is 2.48. The monoisotopic (exact) mass is 548 g/mol. The minimum absolute atomic E-state index is 0.0462. The number of nitrogens with zero attached hydrogens (tertiary/aromatic N) is 2. The van der Waals surface area contributed by atoms with Gasteiger partial charge in [-0.15, -0.1) is 0 Å². The van der Waals surface area contributed by atoms with Crippen LogP contribution in [0.25, 0.3) is 0 Å². The van der Waals surface area contributed by atoms with Gasteiger partial charge in [0.15, 0.2) is 0 Å². The zero-order chi connectivity index (χ0) is 29.7. The largest absolute Gasteiger partial charge is 0.467 e. The highest BCUT2D eigenvalue weighted by Crippen LogP contribution is 2.35. The second-order valence-electron chi connectivity index (χ2n) is 11.8. The minimum atomic E-state index is -1.56. The summed E-state index contributed by atoms with van der Waals surface area (Å²) in [6.45, 7) is 13.8. The average Bonchev–Trinajstić information content (AvgIpc) is 3.35. The predicted octanol–water partition coefficient (Wildman–Crippen LogP) is 3.60. The first-order chi connectivity index (χ1) is 17.2. The SMILES string of the molecule is CCC1(F)C[C@@H](C(=O)OC)N(C(=O)OC(C)(C)C)C1.CCC1(O)C[C@@H](C(=O)OC)N(C(=O)OC(C)(C)C)C1. The number of likely N-dealkylation sites (tertiary alicyclic amines) is 2. The van der Waals surface area contributed by atoms with Crippen molar-refractivity contribution in [1.29, 1.82) is 0 Å². The number of alkyl halides is 1. The zero-order valence-corrected chi connectivity index (χ0v) is 24.4. The third-order valence-corrected chi connectivity index (χ3v) is 6.30. The molecule has 0 aromatic heterocycles. The number of carbonyl (C=O) groups excluding carboxylic acids is 4. The lowest BCUT2D eigenvalue weighted by molar-refractivity contribution is -0.146. The Labute approximate surface area is 224 Å². The molecule has 0 aromatic carbocycles. The molecule has 2 aliphatic rings. The highest BCUT2D eigenvalue weighted by atomic mass is 19.1. The number of halogens is 1. The van der Waals surface area contributed by atoms with Crippen molar-refractivity contribution in [2.24, 2.45) is 0 Å². The van der Waals surface area contributed by atoms with Gasteiger partial charge in [0.05, 0.1) is 32.9 Å². The summed E-state index contributed by atoms with van der Waals surface area (Å²) in [5.74, 6) is -1.14. The molecule has 0 radical (unpaired) electrons. The molecule has 12 heteroatoms. The maximum absolute atomic E-state index is 14.4. The van der Waals surface area contributed by atoms with Gasteiger partial charge in [-0.05, 0) is 54.4 Å². The molecule has 0 bridgehead atoms. The second-order valence-corrected chi connectivity index (χ2v) is 11.8. The summed E-state index contributed by atoms with van der Waals surface area (Å²) in [6.07, 6.45) is -0.465. The van der Waals surface area contributed by atoms with Gasteiger partial charge >= 0.3 is 24.1 Å². The molecule has 0 saturated carbocycles. The molecule has 220 valence electrons. The molecule has 11 nitrogen and oxygen atoms in total. The molecule has 2 fully saturated rings. The first-order valence-corrected chi connectivity index (χ1v) is 12.8. The summed E-state index contributed by atoms with van der Waals surface area (Å²) in [5, 5.41) is 10.3. The maximum Gasteiger partial charge on any atom is 0.411 e. The van der Waals surface area contributed by atoms with E-state index in [4.69, 9.17) is 9.47 Å². The molecule has 2 aliphatic heterocycles. The van der Waals surface area contributed by atoms with E-state index >= 15 is 0 Å². The molecular formula is C26H45FN2O9. The summed E-state index contributed by atoms with van der Waals surface area (Å²) in [6, 6.07) is -1.70. The van der Waals surface area contributed by atoms with Crippen LogP contribution in [-0.2, 0) is 28.5 Å². The maximum atomic E-state index is 14.4. The van der Waals surface area contributed by atoms with E-state index in [1.807, 2.05) is 6.92 Å². The lowest BCUT2D eigenvalue weighted by Crippen LogP contribution is -2.44. The Bertz CT molecular complexity index is 800. The molecule has 0 spiro atoms. The Kier molecular flexibility index (Phi) is 11.0. The van der Waals surface area contributed by atoms with Crippen LogP contribution in [0.2, 0.25) is 0 Å². The van der Waals surface area contributed by atoms with Gasteiger partial charge in [-0.1, -0.05) is 13.8 Å². The van der Waals surface area contributed by atoms with Crippen LogP contribution in [0.4, 0.5) is 14.0 Å². The lowest BCUT2D eigenvalue weighted by atomic mass is 9.97. The van der Waals surface area contributed by atoms with Gasteiger partial charge in [-0.25, -0.2) is 23.6 Å². The summed E-state index contributed by atoms with van der Waals surface area (Å²) in [5.41, 5.74) is -3.96. The van der Waals surface area contributed by atoms with Crippen molar-refractivity contribution in [2.75, 3.05) is 27.3 Å². The van der Waals surface area contributed by atoms with Crippen molar-refractivity contribution in [2.45, 2.75) is 116 Å². The fourth-order valence-corrected chi connectivity index (χ4v) is 4.13. The topological polar surface area (TPSA) is 132 Å². The zero-order valence-electron chi connectivity index (χ0n) is 24.4. The quantitative estimate of drug-likeness (QED) is 0.413. The highest BCUT2D eigenvalue weighted by molar-refractivity contribution is 5.83. The van der Waals surface area contributed by atoms with E-state index < -0.39 is 58.7 Å². The van der Waals surface area contributed by atoms with Crippen molar-refractivity contribution in [3.8, 4) is 0 Å². The second kappa shape index (κ2) is 12.5. The van der Waals surface area contributed by atoms with E-state index in [2.05, 4.69) is 9.47 Å². The molecule has 0 aromatic rings. The number of methoxy groups -OCH3 is 2. The van der Waals surface area contributed by atoms with E-state index in [0.717, 1.165) is 4.90 Å². The van der Waals surface area contributed by atoms with E-state index in [1.54, 1.807) is 48.5 Å². The van der Waals surface area contributed by atoms with Crippen molar-refractivity contribution in [1.82, 2.24) is 9.80 Å². The Morgan fingerprint density at radius 1 is 0.789 bits per heavy atom. The Balaban J connectivity index is 0.000000380. The van der Waals surface area contributed by atoms with Crippen LogP contribution in [0, 0.1) is 0 Å². The number of hydrogen-bond donors (Lipinski definition) is 1. The van der Waals surface area contributed by atoms with E-state index in [9.17, 15) is 28.7 Å². The van der Waals surface area contributed by atoms with Crippen molar-refractivity contribution in [3.63, 3.8) is 0 Å². The number of amides is 2. The molecule has 4 atom stereocenters. The Hall–Kier alpha value is -2.63. The molecule has 2 saturated heterocycles. The van der Waals surface area contributed by atoms with Gasteiger partial charge in [-0.3, -0.25) is 9.80 Å². The standard InChI is InChI=1S/C13H22FNO4.C13H23NO5/c1-6-13(14)7-9(10(16)18-5)15(8-13)11(17)19-12(2,3)4;1-6-13(17)7-9(10(15)18-5)14(8-13)11(16)19-12(2,3)4/h9H,6-8H2,1-5H3;9,17H,6-8H2,1-5H3/t2*9-,13?/m00/s1. The number of carbonyl (C=O) groups is 4. The number of β-amino-alcohol motifs (C(OH)–C–C–N with tert-alkyl or cyclic N) is 1. The van der Waals surface area contributed by atoms with E-state index in [0.29, 0.717) is 6.42 Å². The number of hydrogen-bond acceptors (Lipinski definition) is 9. The van der Waals surface area contributed by atoms with Crippen LogP contribution < -0.4 is 0 Å². The highest BCUT2D eigenvalue weighted by Gasteiger charge is 2.50. The van der Waals surface area contributed by atoms with Crippen LogP contribution >= 0.6 is 0 Å². The van der Waals surface area contributed by atoms with Crippen LogP contribution in [0.1, 0.15) is 81.1 Å². The molecule has 38 heavy (non-hydrogen) atoms.